The Morgan fingerprint density at radius 3 is 2.35 bits per heavy atom. The first kappa shape index (κ1) is 13.6. The quantitative estimate of drug-likeness (QED) is 0.787. The van der Waals surface area contributed by atoms with E-state index in [1.165, 1.54) is 0 Å². The molecule has 5 nitrogen and oxygen atoms in total. The highest BCUT2D eigenvalue weighted by molar-refractivity contribution is 5.87. The van der Waals surface area contributed by atoms with Crippen LogP contribution in [-0.4, -0.2) is 48.2 Å². The molecule has 3 rings (SSSR count). The van der Waals surface area contributed by atoms with Crippen molar-refractivity contribution in [2.24, 2.45) is 23.7 Å². The Morgan fingerprint density at radius 1 is 1.15 bits per heavy atom. The smallest absolute Gasteiger partial charge is 0.307 e. The Balaban J connectivity index is 1.75. The molecule has 110 valence electrons. The average molecular weight is 279 g/mol. The van der Waals surface area contributed by atoms with Crippen LogP contribution in [0.3, 0.4) is 0 Å². The fourth-order valence-electron chi connectivity index (χ4n) is 3.98. The van der Waals surface area contributed by atoms with Gasteiger partial charge in [0.05, 0.1) is 11.8 Å². The summed E-state index contributed by atoms with van der Waals surface area (Å²) in [5.41, 5.74) is 0. The molecule has 0 radical (unpaired) electrons. The van der Waals surface area contributed by atoms with E-state index < -0.39 is 11.9 Å². The van der Waals surface area contributed by atoms with E-state index in [1.807, 2.05) is 19.2 Å². The van der Waals surface area contributed by atoms with Gasteiger partial charge in [-0.1, -0.05) is 12.2 Å². The van der Waals surface area contributed by atoms with E-state index in [0.717, 1.165) is 19.3 Å². The highest BCUT2D eigenvalue weighted by Crippen LogP contribution is 2.48. The third-order valence-electron chi connectivity index (χ3n) is 5.12. The van der Waals surface area contributed by atoms with Gasteiger partial charge in [-0.25, -0.2) is 0 Å². The van der Waals surface area contributed by atoms with E-state index in [4.69, 9.17) is 4.74 Å². The van der Waals surface area contributed by atoms with E-state index in [0.29, 0.717) is 13.2 Å². The van der Waals surface area contributed by atoms with E-state index in [1.54, 1.807) is 4.90 Å². The molecule has 0 aromatic heterocycles. The summed E-state index contributed by atoms with van der Waals surface area (Å²) in [7, 11) is 1.81. The van der Waals surface area contributed by atoms with Crippen LogP contribution in [0.15, 0.2) is 12.2 Å². The van der Waals surface area contributed by atoms with Crippen LogP contribution in [-0.2, 0) is 14.3 Å². The first-order valence-electron chi connectivity index (χ1n) is 7.35. The lowest BCUT2D eigenvalue weighted by Gasteiger charge is -2.35. The Bertz CT molecular complexity index is 441. The lowest BCUT2D eigenvalue weighted by atomic mass is 9.82. The van der Waals surface area contributed by atoms with Crippen LogP contribution in [0.25, 0.3) is 0 Å². The zero-order valence-electron chi connectivity index (χ0n) is 11.7. The molecule has 2 fully saturated rings. The predicted octanol–water partition coefficient (Wildman–Crippen LogP) is 1.15. The number of aliphatic carboxylic acids is 1. The maximum absolute atomic E-state index is 12.7. The Labute approximate surface area is 118 Å². The zero-order chi connectivity index (χ0) is 14.3. The van der Waals surface area contributed by atoms with Crippen LogP contribution in [0, 0.1) is 23.7 Å². The minimum atomic E-state index is -0.833. The molecule has 0 aromatic carbocycles. The lowest BCUT2D eigenvalue weighted by molar-refractivity contribution is -0.152. The number of nitrogens with zero attached hydrogens (tertiary/aromatic N) is 1. The number of hydrogen-bond acceptors (Lipinski definition) is 3. The van der Waals surface area contributed by atoms with Crippen molar-refractivity contribution in [2.75, 3.05) is 20.3 Å². The number of carbonyl (C=O) groups is 2. The first-order valence-corrected chi connectivity index (χ1v) is 7.35. The van der Waals surface area contributed by atoms with Gasteiger partial charge in [0.15, 0.2) is 0 Å². The lowest BCUT2D eigenvalue weighted by Crippen LogP contribution is -2.47. The summed E-state index contributed by atoms with van der Waals surface area (Å²) >= 11 is 0. The predicted molar refractivity (Wildman–Crippen MR) is 72.0 cm³/mol. The van der Waals surface area contributed by atoms with Gasteiger partial charge in [-0.2, -0.15) is 0 Å². The van der Waals surface area contributed by atoms with E-state index in [-0.39, 0.29) is 29.7 Å². The molecule has 1 aliphatic heterocycles. The normalized spacial score (nSPS) is 36.2. The second kappa shape index (κ2) is 5.20. The molecule has 3 aliphatic rings. The molecule has 2 aliphatic carbocycles. The number of hydrogen-bond donors (Lipinski definition) is 1. The van der Waals surface area contributed by atoms with Crippen molar-refractivity contribution in [3.63, 3.8) is 0 Å². The average Bonchev–Trinajstić information content (AvgIpc) is 3.07. The largest absolute Gasteiger partial charge is 0.481 e. The minimum Gasteiger partial charge on any atom is -0.481 e. The molecular weight excluding hydrogens is 258 g/mol. The van der Waals surface area contributed by atoms with Crippen LogP contribution >= 0.6 is 0 Å². The number of rotatable bonds is 3. The van der Waals surface area contributed by atoms with Gasteiger partial charge < -0.3 is 14.7 Å². The molecule has 5 heteroatoms. The second-order valence-electron chi connectivity index (χ2n) is 6.13. The Hall–Kier alpha value is -1.36. The molecule has 1 N–H and O–H groups in total. The summed E-state index contributed by atoms with van der Waals surface area (Å²) in [5, 5.41) is 9.42. The van der Waals surface area contributed by atoms with Gasteiger partial charge in [0.2, 0.25) is 5.91 Å². The molecule has 4 atom stereocenters. The van der Waals surface area contributed by atoms with Crippen molar-refractivity contribution in [2.45, 2.75) is 25.3 Å². The molecule has 0 spiro atoms. The molecule has 2 bridgehead atoms. The summed E-state index contributed by atoms with van der Waals surface area (Å²) in [6.07, 6.45) is 6.51. The number of carbonyl (C=O) groups excluding carboxylic acids is 1. The van der Waals surface area contributed by atoms with Gasteiger partial charge in [0.1, 0.15) is 0 Å². The molecule has 4 unspecified atom stereocenters. The summed E-state index contributed by atoms with van der Waals surface area (Å²) in [5.74, 6) is -1.61. The fraction of sp³-hybridized carbons (Fsp3) is 0.733. The fourth-order valence-corrected chi connectivity index (χ4v) is 3.98. The summed E-state index contributed by atoms with van der Waals surface area (Å²) in [6, 6.07) is 0.189. The molecule has 1 saturated carbocycles. The number of fused-ring (bicyclic) bond motifs is 2. The highest BCUT2D eigenvalue weighted by Gasteiger charge is 2.52. The van der Waals surface area contributed by atoms with Crippen molar-refractivity contribution < 1.29 is 19.4 Å². The van der Waals surface area contributed by atoms with E-state index in [9.17, 15) is 14.7 Å². The number of allylic oxidation sites excluding steroid dienone is 2. The Kier molecular flexibility index (Phi) is 3.54. The van der Waals surface area contributed by atoms with Crippen molar-refractivity contribution in [1.29, 1.82) is 0 Å². The van der Waals surface area contributed by atoms with Crippen molar-refractivity contribution in [3.8, 4) is 0 Å². The van der Waals surface area contributed by atoms with Crippen molar-refractivity contribution in [1.82, 2.24) is 4.90 Å². The topological polar surface area (TPSA) is 66.8 Å². The van der Waals surface area contributed by atoms with Gasteiger partial charge in [-0.15, -0.1) is 0 Å². The van der Waals surface area contributed by atoms with Crippen molar-refractivity contribution >= 4 is 11.9 Å². The molecule has 1 amide bonds. The van der Waals surface area contributed by atoms with Crippen LogP contribution < -0.4 is 0 Å². The molecule has 0 aromatic rings. The minimum absolute atomic E-state index is 0.00106. The van der Waals surface area contributed by atoms with Crippen LogP contribution in [0.4, 0.5) is 0 Å². The standard InChI is InChI=1S/C15H21NO4/c1-16(11-4-6-20-7-5-11)14(17)12-9-2-3-10(8-9)13(12)15(18)19/h2-3,9-13H,4-8H2,1H3,(H,18,19). The zero-order valence-corrected chi connectivity index (χ0v) is 11.7. The van der Waals surface area contributed by atoms with Crippen molar-refractivity contribution in [3.05, 3.63) is 12.2 Å². The summed E-state index contributed by atoms with van der Waals surface area (Å²) in [4.78, 5) is 26.0. The van der Waals surface area contributed by atoms with E-state index in [2.05, 4.69) is 0 Å². The number of carboxylic acids is 1. The summed E-state index contributed by atoms with van der Waals surface area (Å²) < 4.78 is 5.32. The van der Waals surface area contributed by atoms with Crippen LogP contribution in [0.2, 0.25) is 0 Å². The van der Waals surface area contributed by atoms with Gasteiger partial charge in [0.25, 0.3) is 0 Å². The SMILES string of the molecule is CN(C(=O)C1C2C=CC(C2)C1C(=O)O)C1CCOCC1. The van der Waals surface area contributed by atoms with E-state index >= 15 is 0 Å². The maximum atomic E-state index is 12.7. The number of ether oxygens (including phenoxy) is 1. The monoisotopic (exact) mass is 279 g/mol. The maximum Gasteiger partial charge on any atom is 0.307 e. The molecule has 1 saturated heterocycles. The highest BCUT2D eigenvalue weighted by atomic mass is 16.5. The van der Waals surface area contributed by atoms with Gasteiger partial charge in [-0.05, 0) is 31.1 Å². The van der Waals surface area contributed by atoms with Crippen LogP contribution in [0.5, 0.6) is 0 Å². The summed E-state index contributed by atoms with van der Waals surface area (Å²) in [6.45, 7) is 1.36. The third-order valence-corrected chi connectivity index (χ3v) is 5.12. The molecule has 20 heavy (non-hydrogen) atoms. The first-order chi connectivity index (χ1) is 9.59. The molecule has 1 heterocycles. The molecular formula is C15H21NO4. The van der Waals surface area contributed by atoms with Gasteiger partial charge in [0, 0.05) is 26.3 Å². The second-order valence-corrected chi connectivity index (χ2v) is 6.13. The van der Waals surface area contributed by atoms with Crippen LogP contribution in [0.1, 0.15) is 19.3 Å². The number of carboxylic acid groups (broad SMARTS) is 1. The van der Waals surface area contributed by atoms with Gasteiger partial charge >= 0.3 is 5.97 Å². The Morgan fingerprint density at radius 2 is 1.75 bits per heavy atom. The third kappa shape index (κ3) is 2.14. The van der Waals surface area contributed by atoms with Gasteiger partial charge in [-0.3, -0.25) is 9.59 Å². The number of amides is 1.